The molecule has 0 spiro atoms. The lowest BCUT2D eigenvalue weighted by Gasteiger charge is -2.06. The molecule has 1 amide bonds. The molecule has 1 aromatic heterocycles. The van der Waals surface area contributed by atoms with Crippen molar-refractivity contribution in [3.05, 3.63) is 65.4 Å². The summed E-state index contributed by atoms with van der Waals surface area (Å²) < 4.78 is 0. The van der Waals surface area contributed by atoms with Gasteiger partial charge in [-0.2, -0.15) is 5.10 Å². The molecule has 6 heteroatoms. The van der Waals surface area contributed by atoms with Crippen LogP contribution in [0.3, 0.4) is 0 Å². The number of halogens is 1. The molecule has 0 fully saturated rings. The van der Waals surface area contributed by atoms with Crippen molar-refractivity contribution in [2.24, 2.45) is 0 Å². The van der Waals surface area contributed by atoms with E-state index in [9.17, 15) is 4.79 Å². The van der Waals surface area contributed by atoms with E-state index in [-0.39, 0.29) is 12.3 Å². The van der Waals surface area contributed by atoms with E-state index in [1.165, 1.54) is 6.33 Å². The predicted molar refractivity (Wildman–Crippen MR) is 85.6 cm³/mol. The SMILES string of the molecule is O=C(Cc1cccc(Cl)c1)Nc1ccc(-c2ncn[nH]2)cc1. The molecule has 2 N–H and O–H groups in total. The van der Waals surface area contributed by atoms with Gasteiger partial charge in [0, 0.05) is 16.3 Å². The smallest absolute Gasteiger partial charge is 0.228 e. The van der Waals surface area contributed by atoms with Gasteiger partial charge in [0.2, 0.25) is 5.91 Å². The Bertz CT molecular complexity index is 769. The van der Waals surface area contributed by atoms with E-state index in [1.54, 1.807) is 12.1 Å². The lowest BCUT2D eigenvalue weighted by Crippen LogP contribution is -2.14. The molecule has 0 aliphatic carbocycles. The molecule has 22 heavy (non-hydrogen) atoms. The van der Waals surface area contributed by atoms with Gasteiger partial charge >= 0.3 is 0 Å². The van der Waals surface area contributed by atoms with Crippen LogP contribution in [0.5, 0.6) is 0 Å². The fourth-order valence-corrected chi connectivity index (χ4v) is 2.31. The molecule has 0 atom stereocenters. The van der Waals surface area contributed by atoms with Crippen molar-refractivity contribution >= 4 is 23.2 Å². The molecule has 0 saturated heterocycles. The largest absolute Gasteiger partial charge is 0.326 e. The zero-order valence-corrected chi connectivity index (χ0v) is 12.3. The number of nitrogens with one attached hydrogen (secondary N) is 2. The standard InChI is InChI=1S/C16H13ClN4O/c17-13-3-1-2-11(8-13)9-15(22)20-14-6-4-12(5-7-14)16-18-10-19-21-16/h1-8,10H,9H2,(H,20,22)(H,18,19,21). The quantitative estimate of drug-likeness (QED) is 0.776. The van der Waals surface area contributed by atoms with E-state index in [0.717, 1.165) is 16.8 Å². The third kappa shape index (κ3) is 3.51. The average molecular weight is 313 g/mol. The van der Waals surface area contributed by atoms with Crippen molar-refractivity contribution in [1.29, 1.82) is 0 Å². The number of anilines is 1. The highest BCUT2D eigenvalue weighted by molar-refractivity contribution is 6.30. The summed E-state index contributed by atoms with van der Waals surface area (Å²) in [5.41, 5.74) is 2.52. The molecule has 1 heterocycles. The van der Waals surface area contributed by atoms with Crippen LogP contribution in [0.15, 0.2) is 54.9 Å². The van der Waals surface area contributed by atoms with Gasteiger partial charge in [-0.15, -0.1) is 0 Å². The first-order chi connectivity index (χ1) is 10.7. The lowest BCUT2D eigenvalue weighted by atomic mass is 10.1. The second kappa shape index (κ2) is 6.41. The van der Waals surface area contributed by atoms with Gasteiger partial charge in [0.05, 0.1) is 6.42 Å². The highest BCUT2D eigenvalue weighted by Gasteiger charge is 2.06. The summed E-state index contributed by atoms with van der Waals surface area (Å²) in [5, 5.41) is 10.1. The molecule has 2 aromatic carbocycles. The van der Waals surface area contributed by atoms with Crippen LogP contribution in [0.1, 0.15) is 5.56 Å². The molecule has 0 bridgehead atoms. The second-order valence-corrected chi connectivity index (χ2v) is 5.20. The van der Waals surface area contributed by atoms with Gasteiger partial charge in [0.1, 0.15) is 6.33 Å². The predicted octanol–water partition coefficient (Wildman–Crippen LogP) is 3.31. The maximum atomic E-state index is 12.0. The number of nitrogens with zero attached hydrogens (tertiary/aromatic N) is 2. The van der Waals surface area contributed by atoms with Crippen molar-refractivity contribution in [3.63, 3.8) is 0 Å². The number of H-pyrrole nitrogens is 1. The maximum Gasteiger partial charge on any atom is 0.228 e. The molecular weight excluding hydrogens is 300 g/mol. The minimum Gasteiger partial charge on any atom is -0.326 e. The summed E-state index contributed by atoms with van der Waals surface area (Å²) in [7, 11) is 0. The van der Waals surface area contributed by atoms with E-state index in [2.05, 4.69) is 20.5 Å². The third-order valence-corrected chi connectivity index (χ3v) is 3.35. The number of rotatable bonds is 4. The Kier molecular flexibility index (Phi) is 4.16. The highest BCUT2D eigenvalue weighted by atomic mass is 35.5. The Morgan fingerprint density at radius 1 is 1.18 bits per heavy atom. The normalized spacial score (nSPS) is 10.4. The average Bonchev–Trinajstić information content (AvgIpc) is 3.02. The van der Waals surface area contributed by atoms with Gasteiger partial charge in [-0.1, -0.05) is 23.7 Å². The first-order valence-electron chi connectivity index (χ1n) is 6.71. The van der Waals surface area contributed by atoms with Crippen LogP contribution < -0.4 is 5.32 Å². The minimum atomic E-state index is -0.0883. The van der Waals surface area contributed by atoms with Gasteiger partial charge < -0.3 is 5.32 Å². The Morgan fingerprint density at radius 3 is 2.68 bits per heavy atom. The van der Waals surface area contributed by atoms with Crippen molar-refractivity contribution in [3.8, 4) is 11.4 Å². The van der Waals surface area contributed by atoms with E-state index in [1.807, 2.05) is 36.4 Å². The number of benzene rings is 2. The summed E-state index contributed by atoms with van der Waals surface area (Å²) in [6, 6.07) is 14.7. The Morgan fingerprint density at radius 2 is 2.00 bits per heavy atom. The Hall–Kier alpha value is -2.66. The Balaban J connectivity index is 1.64. The molecule has 3 aromatic rings. The maximum absolute atomic E-state index is 12.0. The van der Waals surface area contributed by atoms with Crippen LogP contribution in [0.4, 0.5) is 5.69 Å². The number of carbonyl (C=O) groups excluding carboxylic acids is 1. The summed E-state index contributed by atoms with van der Waals surface area (Å²) in [4.78, 5) is 16.1. The van der Waals surface area contributed by atoms with Crippen LogP contribution in [0, 0.1) is 0 Å². The second-order valence-electron chi connectivity index (χ2n) is 4.77. The minimum absolute atomic E-state index is 0.0883. The van der Waals surface area contributed by atoms with Crippen LogP contribution in [0.2, 0.25) is 5.02 Å². The first kappa shape index (κ1) is 14.3. The molecule has 110 valence electrons. The summed E-state index contributed by atoms with van der Waals surface area (Å²) in [6.07, 6.45) is 1.74. The van der Waals surface area contributed by atoms with Gasteiger partial charge in [-0.05, 0) is 42.0 Å². The number of amides is 1. The molecular formula is C16H13ClN4O. The van der Waals surface area contributed by atoms with Crippen LogP contribution in [0.25, 0.3) is 11.4 Å². The number of carbonyl (C=O) groups is 1. The molecule has 3 rings (SSSR count). The van der Waals surface area contributed by atoms with Crippen LogP contribution in [-0.2, 0) is 11.2 Å². The van der Waals surface area contributed by atoms with E-state index in [4.69, 9.17) is 11.6 Å². The number of hydrogen-bond donors (Lipinski definition) is 2. The number of hydrogen-bond acceptors (Lipinski definition) is 3. The van der Waals surface area contributed by atoms with E-state index < -0.39 is 0 Å². The summed E-state index contributed by atoms with van der Waals surface area (Å²) in [6.45, 7) is 0. The van der Waals surface area contributed by atoms with Crippen molar-refractivity contribution in [2.75, 3.05) is 5.32 Å². The van der Waals surface area contributed by atoms with Crippen molar-refractivity contribution in [1.82, 2.24) is 15.2 Å². The fourth-order valence-electron chi connectivity index (χ4n) is 2.09. The number of aromatic amines is 1. The van der Waals surface area contributed by atoms with Crippen molar-refractivity contribution in [2.45, 2.75) is 6.42 Å². The van der Waals surface area contributed by atoms with Gasteiger partial charge in [0.15, 0.2) is 5.82 Å². The Labute approximate surface area is 132 Å². The molecule has 0 radical (unpaired) electrons. The van der Waals surface area contributed by atoms with Crippen molar-refractivity contribution < 1.29 is 4.79 Å². The zero-order valence-electron chi connectivity index (χ0n) is 11.6. The molecule has 0 aliphatic rings. The first-order valence-corrected chi connectivity index (χ1v) is 7.08. The summed E-state index contributed by atoms with van der Waals surface area (Å²) >= 11 is 5.91. The van der Waals surface area contributed by atoms with Gasteiger partial charge in [0.25, 0.3) is 0 Å². The van der Waals surface area contributed by atoms with E-state index in [0.29, 0.717) is 10.8 Å². The monoisotopic (exact) mass is 312 g/mol. The molecule has 0 aliphatic heterocycles. The highest BCUT2D eigenvalue weighted by Crippen LogP contribution is 2.17. The fraction of sp³-hybridized carbons (Fsp3) is 0.0625. The molecule has 0 unspecified atom stereocenters. The van der Waals surface area contributed by atoms with E-state index >= 15 is 0 Å². The molecule has 0 saturated carbocycles. The zero-order chi connectivity index (χ0) is 15.4. The number of aromatic nitrogens is 3. The topological polar surface area (TPSA) is 70.7 Å². The molecule has 5 nitrogen and oxygen atoms in total. The van der Waals surface area contributed by atoms with Gasteiger partial charge in [-0.3, -0.25) is 9.89 Å². The lowest BCUT2D eigenvalue weighted by molar-refractivity contribution is -0.115. The van der Waals surface area contributed by atoms with Crippen LogP contribution in [-0.4, -0.2) is 21.1 Å². The summed E-state index contributed by atoms with van der Waals surface area (Å²) in [5.74, 6) is 0.603. The van der Waals surface area contributed by atoms with Crippen LogP contribution >= 0.6 is 11.6 Å². The third-order valence-electron chi connectivity index (χ3n) is 3.11. The van der Waals surface area contributed by atoms with Gasteiger partial charge in [-0.25, -0.2) is 4.98 Å².